The van der Waals surface area contributed by atoms with Crippen LogP contribution in [0.25, 0.3) is 21.0 Å². The normalized spacial score (nSPS) is 10.8. The minimum Gasteiger partial charge on any atom is -0.497 e. The monoisotopic (exact) mass is 559 g/mol. The summed E-state index contributed by atoms with van der Waals surface area (Å²) < 4.78 is 15.9. The quantitative estimate of drug-likeness (QED) is 0.256. The summed E-state index contributed by atoms with van der Waals surface area (Å²) in [6.07, 6.45) is 0.0275. The lowest BCUT2D eigenvalue weighted by molar-refractivity contribution is -0.129. The van der Waals surface area contributed by atoms with Gasteiger partial charge in [-0.2, -0.15) is 0 Å². The third-order valence-corrected chi connectivity index (χ3v) is 7.43. The number of nitrogens with one attached hydrogen (secondary N) is 1. The van der Waals surface area contributed by atoms with E-state index in [1.807, 2.05) is 73.3 Å². The standard InChI is InChI=1S/C31H33N3O5S/c1-20(2)34(19-28(36)32-27(35)18-21-11-16-25(38-4)26(17-21)39-5)30-29(22-12-14-24(37-3)15-13-22)40-31(33-30)23-9-7-6-8-10-23/h6-17,20H,18-19H2,1-5H3,(H,32,35,36). The summed E-state index contributed by atoms with van der Waals surface area (Å²) in [6.45, 7) is 3.96. The van der Waals surface area contributed by atoms with Crippen LogP contribution in [0.5, 0.6) is 17.2 Å². The fourth-order valence-corrected chi connectivity index (χ4v) is 5.30. The Morgan fingerprint density at radius 2 is 1.55 bits per heavy atom. The maximum Gasteiger partial charge on any atom is 0.246 e. The Morgan fingerprint density at radius 3 is 2.17 bits per heavy atom. The first-order valence-corrected chi connectivity index (χ1v) is 13.7. The molecule has 0 radical (unpaired) electrons. The summed E-state index contributed by atoms with van der Waals surface area (Å²) in [5.41, 5.74) is 2.66. The molecule has 0 fully saturated rings. The number of hydrogen-bond donors (Lipinski definition) is 1. The van der Waals surface area contributed by atoms with Crippen LogP contribution < -0.4 is 24.4 Å². The highest BCUT2D eigenvalue weighted by molar-refractivity contribution is 7.19. The number of carbonyl (C=O) groups excluding carboxylic acids is 2. The van der Waals surface area contributed by atoms with Crippen LogP contribution in [-0.4, -0.2) is 50.7 Å². The Hall–Kier alpha value is -4.37. The first kappa shape index (κ1) is 28.6. The van der Waals surface area contributed by atoms with E-state index in [9.17, 15) is 9.59 Å². The van der Waals surface area contributed by atoms with E-state index in [-0.39, 0.29) is 19.0 Å². The predicted octanol–water partition coefficient (Wildman–Crippen LogP) is 5.60. The van der Waals surface area contributed by atoms with Crippen molar-refractivity contribution in [3.05, 3.63) is 78.4 Å². The molecule has 4 aromatic rings. The molecule has 0 unspecified atom stereocenters. The van der Waals surface area contributed by atoms with Crippen LogP contribution in [0.4, 0.5) is 5.82 Å². The molecule has 1 aromatic heterocycles. The number of thiazole rings is 1. The Kier molecular flexibility index (Phi) is 9.39. The molecule has 0 bridgehead atoms. The highest BCUT2D eigenvalue weighted by Crippen LogP contribution is 2.41. The van der Waals surface area contributed by atoms with Gasteiger partial charge in [0.1, 0.15) is 16.6 Å². The Morgan fingerprint density at radius 1 is 0.850 bits per heavy atom. The highest BCUT2D eigenvalue weighted by Gasteiger charge is 2.24. The molecule has 4 rings (SSSR count). The molecular formula is C31H33N3O5S. The van der Waals surface area contributed by atoms with Gasteiger partial charge in [0.2, 0.25) is 11.8 Å². The number of imide groups is 1. The lowest BCUT2D eigenvalue weighted by Gasteiger charge is -2.27. The number of rotatable bonds is 11. The SMILES string of the molecule is COc1ccc(-c2sc(-c3ccccc3)nc2N(CC(=O)NC(=O)Cc2ccc(OC)c(OC)c2)C(C)C)cc1. The van der Waals surface area contributed by atoms with Gasteiger partial charge >= 0.3 is 0 Å². The zero-order valence-electron chi connectivity index (χ0n) is 23.3. The fourth-order valence-electron chi connectivity index (χ4n) is 4.21. The molecule has 0 aliphatic rings. The number of aromatic nitrogens is 1. The highest BCUT2D eigenvalue weighted by atomic mass is 32.1. The Bertz CT molecular complexity index is 1450. The zero-order chi connectivity index (χ0) is 28.6. The van der Waals surface area contributed by atoms with Crippen molar-refractivity contribution < 1.29 is 23.8 Å². The van der Waals surface area contributed by atoms with Gasteiger partial charge < -0.3 is 19.1 Å². The smallest absolute Gasteiger partial charge is 0.246 e. The summed E-state index contributed by atoms with van der Waals surface area (Å²) in [7, 11) is 4.72. The minimum atomic E-state index is -0.408. The van der Waals surface area contributed by atoms with Crippen LogP contribution in [0.1, 0.15) is 19.4 Å². The van der Waals surface area contributed by atoms with Gasteiger partial charge in [0.15, 0.2) is 11.5 Å². The van der Waals surface area contributed by atoms with Crippen LogP contribution in [-0.2, 0) is 16.0 Å². The number of amides is 2. The van der Waals surface area contributed by atoms with Gasteiger partial charge in [-0.1, -0.05) is 36.4 Å². The van der Waals surface area contributed by atoms with Crippen molar-refractivity contribution in [1.29, 1.82) is 0 Å². The molecule has 0 saturated heterocycles. The van der Waals surface area contributed by atoms with Crippen LogP contribution >= 0.6 is 11.3 Å². The largest absolute Gasteiger partial charge is 0.497 e. The van der Waals surface area contributed by atoms with E-state index in [0.29, 0.717) is 22.9 Å². The van der Waals surface area contributed by atoms with E-state index in [2.05, 4.69) is 5.32 Å². The lowest BCUT2D eigenvalue weighted by Crippen LogP contribution is -2.43. The second-order valence-corrected chi connectivity index (χ2v) is 10.3. The van der Waals surface area contributed by atoms with Crippen molar-refractivity contribution in [2.75, 3.05) is 32.8 Å². The summed E-state index contributed by atoms with van der Waals surface area (Å²) in [5, 5.41) is 3.37. The molecule has 2 amide bonds. The predicted molar refractivity (Wildman–Crippen MR) is 158 cm³/mol. The minimum absolute atomic E-state index is 0.0275. The first-order valence-electron chi connectivity index (χ1n) is 12.8. The molecule has 9 heteroatoms. The summed E-state index contributed by atoms with van der Waals surface area (Å²) in [5.74, 6) is 1.72. The van der Waals surface area contributed by atoms with E-state index in [0.717, 1.165) is 26.8 Å². The fraction of sp³-hybridized carbons (Fsp3) is 0.258. The van der Waals surface area contributed by atoms with Gasteiger partial charge in [-0.3, -0.25) is 14.9 Å². The summed E-state index contributed by atoms with van der Waals surface area (Å²) in [4.78, 5) is 33.7. The number of hydrogen-bond acceptors (Lipinski definition) is 8. The van der Waals surface area contributed by atoms with Crippen molar-refractivity contribution in [2.45, 2.75) is 26.3 Å². The number of ether oxygens (including phenoxy) is 3. The third kappa shape index (κ3) is 6.79. The average Bonchev–Trinajstić information content (AvgIpc) is 3.41. The third-order valence-electron chi connectivity index (χ3n) is 6.28. The molecule has 3 aromatic carbocycles. The molecule has 1 heterocycles. The van der Waals surface area contributed by atoms with Gasteiger partial charge in [0.05, 0.1) is 39.2 Å². The van der Waals surface area contributed by atoms with Crippen molar-refractivity contribution in [1.82, 2.24) is 10.3 Å². The summed E-state index contributed by atoms with van der Waals surface area (Å²) >= 11 is 1.56. The van der Waals surface area contributed by atoms with Crippen molar-refractivity contribution >= 4 is 29.0 Å². The maximum absolute atomic E-state index is 13.1. The Balaban J connectivity index is 1.57. The molecular weight excluding hydrogens is 526 g/mol. The molecule has 8 nitrogen and oxygen atoms in total. The van der Waals surface area contributed by atoms with E-state index >= 15 is 0 Å². The number of carbonyl (C=O) groups is 2. The molecule has 0 aliphatic heterocycles. The number of benzene rings is 3. The van der Waals surface area contributed by atoms with Gasteiger partial charge in [-0.15, -0.1) is 11.3 Å². The van der Waals surface area contributed by atoms with Crippen LogP contribution in [0, 0.1) is 0 Å². The van der Waals surface area contributed by atoms with Crippen molar-refractivity contribution in [3.8, 4) is 38.3 Å². The van der Waals surface area contributed by atoms with Gasteiger partial charge in [-0.05, 0) is 61.4 Å². The molecule has 0 spiro atoms. The molecule has 0 saturated carbocycles. The average molecular weight is 560 g/mol. The van der Waals surface area contributed by atoms with Gasteiger partial charge in [0.25, 0.3) is 0 Å². The van der Waals surface area contributed by atoms with Gasteiger partial charge in [-0.25, -0.2) is 4.98 Å². The van der Waals surface area contributed by atoms with Crippen molar-refractivity contribution in [2.24, 2.45) is 0 Å². The first-order chi connectivity index (χ1) is 19.3. The Labute approximate surface area is 238 Å². The lowest BCUT2D eigenvalue weighted by atomic mass is 10.1. The van der Waals surface area contributed by atoms with E-state index < -0.39 is 11.8 Å². The molecule has 208 valence electrons. The number of anilines is 1. The second kappa shape index (κ2) is 13.1. The number of nitrogens with zero attached hydrogens (tertiary/aromatic N) is 2. The van der Waals surface area contributed by atoms with Crippen LogP contribution in [0.3, 0.4) is 0 Å². The zero-order valence-corrected chi connectivity index (χ0v) is 24.1. The van der Waals surface area contributed by atoms with Crippen LogP contribution in [0.15, 0.2) is 72.8 Å². The topological polar surface area (TPSA) is 90.0 Å². The molecule has 0 aliphatic carbocycles. The van der Waals surface area contributed by atoms with E-state index in [4.69, 9.17) is 19.2 Å². The van der Waals surface area contributed by atoms with Gasteiger partial charge in [0, 0.05) is 11.6 Å². The summed E-state index contributed by atoms with van der Waals surface area (Å²) in [6, 6.07) is 22.9. The second-order valence-electron chi connectivity index (χ2n) is 9.33. The molecule has 0 atom stereocenters. The van der Waals surface area contributed by atoms with E-state index in [1.54, 1.807) is 43.8 Å². The number of methoxy groups -OCH3 is 3. The molecule has 1 N–H and O–H groups in total. The van der Waals surface area contributed by atoms with Crippen molar-refractivity contribution in [3.63, 3.8) is 0 Å². The maximum atomic E-state index is 13.1. The van der Waals surface area contributed by atoms with Crippen LogP contribution in [0.2, 0.25) is 0 Å². The molecule has 40 heavy (non-hydrogen) atoms. The van der Waals surface area contributed by atoms with E-state index in [1.165, 1.54) is 7.11 Å².